The molecular formula is C25H38N2O6. The second-order valence-corrected chi connectivity index (χ2v) is 7.61. The highest BCUT2D eigenvalue weighted by Gasteiger charge is 2.06. The molecule has 0 unspecified atom stereocenters. The van der Waals surface area contributed by atoms with Crippen molar-refractivity contribution in [1.82, 2.24) is 0 Å². The van der Waals surface area contributed by atoms with Crippen LogP contribution in [0.5, 0.6) is 11.5 Å². The molecule has 8 nitrogen and oxygen atoms in total. The molecule has 0 aromatic heterocycles. The Morgan fingerprint density at radius 3 is 1.12 bits per heavy atom. The van der Waals surface area contributed by atoms with Crippen molar-refractivity contribution in [2.45, 2.75) is 19.3 Å². The van der Waals surface area contributed by atoms with Gasteiger partial charge in [0, 0.05) is 37.6 Å². The summed E-state index contributed by atoms with van der Waals surface area (Å²) in [6.07, 6.45) is 2.86. The number of benzene rings is 2. The number of hydrogen-bond acceptors (Lipinski definition) is 8. The van der Waals surface area contributed by atoms with E-state index in [0.29, 0.717) is 39.4 Å². The maximum Gasteiger partial charge on any atom is 0.119 e. The van der Waals surface area contributed by atoms with E-state index in [9.17, 15) is 0 Å². The van der Waals surface area contributed by atoms with Crippen molar-refractivity contribution in [3.63, 3.8) is 0 Å². The summed E-state index contributed by atoms with van der Waals surface area (Å²) in [5.41, 5.74) is 1.90. The van der Waals surface area contributed by atoms with Crippen molar-refractivity contribution in [2.75, 3.05) is 75.6 Å². The van der Waals surface area contributed by atoms with Gasteiger partial charge in [-0.05, 0) is 67.8 Å². The Labute approximate surface area is 196 Å². The Balaban J connectivity index is 1.62. The predicted molar refractivity (Wildman–Crippen MR) is 130 cm³/mol. The molecule has 0 saturated carbocycles. The minimum atomic E-state index is 0.0428. The number of rotatable bonds is 18. The zero-order valence-corrected chi connectivity index (χ0v) is 19.3. The highest BCUT2D eigenvalue weighted by molar-refractivity contribution is 5.49. The highest BCUT2D eigenvalue weighted by Crippen LogP contribution is 2.21. The average Bonchev–Trinajstić information content (AvgIpc) is 2.84. The van der Waals surface area contributed by atoms with Crippen LogP contribution in [0.25, 0.3) is 0 Å². The Morgan fingerprint density at radius 2 is 0.818 bits per heavy atom. The van der Waals surface area contributed by atoms with Gasteiger partial charge in [-0.25, -0.2) is 0 Å². The van der Waals surface area contributed by atoms with Crippen LogP contribution in [0.1, 0.15) is 19.3 Å². The van der Waals surface area contributed by atoms with E-state index in [1.54, 1.807) is 0 Å². The van der Waals surface area contributed by atoms with Gasteiger partial charge in [0.1, 0.15) is 11.5 Å². The van der Waals surface area contributed by atoms with Gasteiger partial charge < -0.3 is 39.7 Å². The molecule has 0 bridgehead atoms. The number of aliphatic hydroxyl groups excluding tert-OH is 4. The summed E-state index contributed by atoms with van der Waals surface area (Å²) in [4.78, 5) is 3.86. The minimum Gasteiger partial charge on any atom is -0.494 e. The lowest BCUT2D eigenvalue weighted by atomic mass is 10.2. The SMILES string of the molecule is OCCN(CCO)c1ccc(OCCCCCOc2ccc(N(CCO)CCO)cc2)cc1. The number of unbranched alkanes of at least 4 members (excludes halogenated alkanes) is 2. The molecule has 4 N–H and O–H groups in total. The van der Waals surface area contributed by atoms with Crippen molar-refractivity contribution in [1.29, 1.82) is 0 Å². The van der Waals surface area contributed by atoms with E-state index in [1.807, 2.05) is 58.3 Å². The van der Waals surface area contributed by atoms with E-state index in [1.165, 1.54) is 0 Å². The van der Waals surface area contributed by atoms with Gasteiger partial charge in [0.05, 0.1) is 39.6 Å². The fourth-order valence-corrected chi connectivity index (χ4v) is 3.49. The van der Waals surface area contributed by atoms with Crippen LogP contribution in [0.2, 0.25) is 0 Å². The Bertz CT molecular complexity index is 666. The van der Waals surface area contributed by atoms with E-state index in [-0.39, 0.29) is 26.4 Å². The number of anilines is 2. The molecule has 2 rings (SSSR count). The summed E-state index contributed by atoms with van der Waals surface area (Å²) in [5.74, 6) is 1.61. The van der Waals surface area contributed by atoms with E-state index < -0.39 is 0 Å². The van der Waals surface area contributed by atoms with E-state index in [2.05, 4.69) is 0 Å². The summed E-state index contributed by atoms with van der Waals surface area (Å²) in [6.45, 7) is 3.38. The molecule has 0 radical (unpaired) electrons. The molecule has 0 saturated heterocycles. The Morgan fingerprint density at radius 1 is 0.485 bits per heavy atom. The third kappa shape index (κ3) is 9.88. The fraction of sp³-hybridized carbons (Fsp3) is 0.520. The van der Waals surface area contributed by atoms with Gasteiger partial charge in [0.15, 0.2) is 0 Å². The van der Waals surface area contributed by atoms with Crippen LogP contribution in [-0.4, -0.2) is 86.2 Å². The van der Waals surface area contributed by atoms with Gasteiger partial charge in [0.25, 0.3) is 0 Å². The topological polar surface area (TPSA) is 106 Å². The second-order valence-electron chi connectivity index (χ2n) is 7.61. The average molecular weight is 463 g/mol. The first-order valence-corrected chi connectivity index (χ1v) is 11.6. The van der Waals surface area contributed by atoms with Gasteiger partial charge in [-0.3, -0.25) is 0 Å². The lowest BCUT2D eigenvalue weighted by Crippen LogP contribution is -2.29. The van der Waals surface area contributed by atoms with Crippen LogP contribution in [-0.2, 0) is 0 Å². The van der Waals surface area contributed by atoms with Crippen molar-refractivity contribution in [3.8, 4) is 11.5 Å². The lowest BCUT2D eigenvalue weighted by molar-refractivity contribution is 0.279. The molecule has 0 amide bonds. The second kappa shape index (κ2) is 16.1. The molecule has 0 aliphatic rings. The van der Waals surface area contributed by atoms with Crippen molar-refractivity contribution in [2.24, 2.45) is 0 Å². The fourth-order valence-electron chi connectivity index (χ4n) is 3.49. The van der Waals surface area contributed by atoms with E-state index in [0.717, 1.165) is 42.1 Å². The molecule has 2 aromatic carbocycles. The molecule has 2 aromatic rings. The Kier molecular flexibility index (Phi) is 13.1. The molecular weight excluding hydrogens is 424 g/mol. The summed E-state index contributed by atoms with van der Waals surface area (Å²) >= 11 is 0. The molecule has 33 heavy (non-hydrogen) atoms. The quantitative estimate of drug-likeness (QED) is 0.249. The maximum absolute atomic E-state index is 9.14. The molecule has 0 atom stereocenters. The predicted octanol–water partition coefficient (Wildman–Crippen LogP) is 1.90. The van der Waals surface area contributed by atoms with Crippen LogP contribution in [0.15, 0.2) is 48.5 Å². The molecule has 0 aliphatic carbocycles. The zero-order valence-electron chi connectivity index (χ0n) is 19.3. The van der Waals surface area contributed by atoms with Crippen molar-refractivity contribution >= 4 is 11.4 Å². The van der Waals surface area contributed by atoms with Crippen LogP contribution in [0.3, 0.4) is 0 Å². The molecule has 0 heterocycles. The smallest absolute Gasteiger partial charge is 0.119 e. The zero-order chi connectivity index (χ0) is 23.7. The number of nitrogens with zero attached hydrogens (tertiary/aromatic N) is 2. The molecule has 184 valence electrons. The standard InChI is InChI=1S/C25H38N2O6/c28-16-12-26(13-17-29)22-4-8-24(9-5-22)32-20-2-1-3-21-33-25-10-6-23(7-11-25)27(14-18-30)15-19-31/h4-11,28-31H,1-3,12-21H2. The third-order valence-electron chi connectivity index (χ3n) is 5.21. The van der Waals surface area contributed by atoms with Crippen LogP contribution in [0.4, 0.5) is 11.4 Å². The summed E-state index contributed by atoms with van der Waals surface area (Å²) in [5, 5.41) is 36.6. The van der Waals surface area contributed by atoms with Gasteiger partial charge in [0.2, 0.25) is 0 Å². The third-order valence-corrected chi connectivity index (χ3v) is 5.21. The Hall–Kier alpha value is -2.52. The first-order valence-electron chi connectivity index (χ1n) is 11.6. The first-order chi connectivity index (χ1) is 16.2. The van der Waals surface area contributed by atoms with Gasteiger partial charge in [-0.15, -0.1) is 0 Å². The maximum atomic E-state index is 9.14. The summed E-state index contributed by atoms with van der Waals surface area (Å²) in [7, 11) is 0. The minimum absolute atomic E-state index is 0.0428. The number of aliphatic hydroxyl groups is 4. The van der Waals surface area contributed by atoms with Gasteiger partial charge in [-0.1, -0.05) is 0 Å². The van der Waals surface area contributed by atoms with Gasteiger partial charge >= 0.3 is 0 Å². The van der Waals surface area contributed by atoms with Crippen LogP contribution >= 0.6 is 0 Å². The van der Waals surface area contributed by atoms with E-state index in [4.69, 9.17) is 29.9 Å². The number of hydrogen-bond donors (Lipinski definition) is 4. The van der Waals surface area contributed by atoms with E-state index >= 15 is 0 Å². The lowest BCUT2D eigenvalue weighted by Gasteiger charge is -2.23. The van der Waals surface area contributed by atoms with Crippen molar-refractivity contribution in [3.05, 3.63) is 48.5 Å². The van der Waals surface area contributed by atoms with Crippen molar-refractivity contribution < 1.29 is 29.9 Å². The molecule has 0 spiro atoms. The molecule has 0 aliphatic heterocycles. The van der Waals surface area contributed by atoms with Crippen LogP contribution < -0.4 is 19.3 Å². The summed E-state index contributed by atoms with van der Waals surface area (Å²) < 4.78 is 11.6. The monoisotopic (exact) mass is 462 g/mol. The first kappa shape index (κ1) is 26.7. The van der Waals surface area contributed by atoms with Crippen LogP contribution in [0, 0.1) is 0 Å². The van der Waals surface area contributed by atoms with Gasteiger partial charge in [-0.2, -0.15) is 0 Å². The highest BCUT2D eigenvalue weighted by atomic mass is 16.5. The largest absolute Gasteiger partial charge is 0.494 e. The molecule has 0 fully saturated rings. The molecule has 8 heteroatoms. The number of ether oxygens (including phenoxy) is 2. The normalized spacial score (nSPS) is 10.8. The summed E-state index contributed by atoms with van der Waals surface area (Å²) in [6, 6.07) is 15.4.